The molecule has 5 heteroatoms. The number of methoxy groups -OCH3 is 1. The van der Waals surface area contributed by atoms with E-state index in [-0.39, 0.29) is 11.3 Å². The number of Topliss-reactive ketones (excluding diaryl/α,β-unsaturated/α-hetero) is 1. The van der Waals surface area contributed by atoms with Gasteiger partial charge in [0.1, 0.15) is 17.4 Å². The van der Waals surface area contributed by atoms with Crippen LogP contribution in [0, 0.1) is 11.6 Å². The van der Waals surface area contributed by atoms with Crippen molar-refractivity contribution in [3.05, 3.63) is 29.3 Å². The predicted molar refractivity (Wildman–Crippen MR) is 50.9 cm³/mol. The van der Waals surface area contributed by atoms with Crippen LogP contribution in [0.2, 0.25) is 0 Å². The number of halogens is 2. The monoisotopic (exact) mass is 215 g/mol. The van der Waals surface area contributed by atoms with Gasteiger partial charge in [-0.05, 0) is 6.92 Å². The summed E-state index contributed by atoms with van der Waals surface area (Å²) in [6.07, 6.45) is 0. The number of nitrogens with two attached hydrogens (primary N) is 1. The summed E-state index contributed by atoms with van der Waals surface area (Å²) in [5.74, 6) is -2.53. The lowest BCUT2D eigenvalue weighted by Gasteiger charge is -2.10. The molecule has 0 saturated heterocycles. The molecule has 0 aliphatic heterocycles. The van der Waals surface area contributed by atoms with E-state index < -0.39 is 23.5 Å². The Balaban J connectivity index is 3.33. The minimum Gasteiger partial charge on any atom is -0.496 e. The van der Waals surface area contributed by atoms with Gasteiger partial charge in [0.25, 0.3) is 0 Å². The fraction of sp³-hybridized carbons (Fsp3) is 0.300. The molecule has 0 amide bonds. The van der Waals surface area contributed by atoms with Gasteiger partial charge in [0.2, 0.25) is 0 Å². The van der Waals surface area contributed by atoms with E-state index in [1.165, 1.54) is 14.0 Å². The number of ether oxygens (including phenoxy) is 1. The fourth-order valence-electron chi connectivity index (χ4n) is 1.18. The van der Waals surface area contributed by atoms with Crippen molar-refractivity contribution in [3.63, 3.8) is 0 Å². The number of benzene rings is 1. The molecule has 0 aromatic heterocycles. The van der Waals surface area contributed by atoms with E-state index in [0.717, 1.165) is 6.07 Å². The summed E-state index contributed by atoms with van der Waals surface area (Å²) >= 11 is 0. The van der Waals surface area contributed by atoms with E-state index in [4.69, 9.17) is 10.5 Å². The van der Waals surface area contributed by atoms with Crippen LogP contribution in [0.1, 0.15) is 17.3 Å². The number of carbonyl (C=O) groups is 1. The molecular weight excluding hydrogens is 204 g/mol. The zero-order valence-electron chi connectivity index (χ0n) is 8.38. The highest BCUT2D eigenvalue weighted by Gasteiger charge is 2.21. The smallest absolute Gasteiger partial charge is 0.185 e. The third-order valence-corrected chi connectivity index (χ3v) is 1.90. The molecule has 0 spiro atoms. The van der Waals surface area contributed by atoms with Crippen LogP contribution in [0.25, 0.3) is 0 Å². The van der Waals surface area contributed by atoms with Crippen molar-refractivity contribution < 1.29 is 18.3 Å². The molecule has 0 fully saturated rings. The van der Waals surface area contributed by atoms with Gasteiger partial charge < -0.3 is 10.5 Å². The van der Waals surface area contributed by atoms with Crippen molar-refractivity contribution in [1.29, 1.82) is 0 Å². The van der Waals surface area contributed by atoms with Gasteiger partial charge in [0.05, 0.1) is 18.7 Å². The van der Waals surface area contributed by atoms with Crippen LogP contribution in [0.4, 0.5) is 8.78 Å². The summed E-state index contributed by atoms with van der Waals surface area (Å²) in [7, 11) is 1.23. The minimum absolute atomic E-state index is 0.144. The van der Waals surface area contributed by atoms with E-state index in [2.05, 4.69) is 0 Å². The molecule has 0 heterocycles. The van der Waals surface area contributed by atoms with Gasteiger partial charge in [-0.3, -0.25) is 4.79 Å². The van der Waals surface area contributed by atoms with Gasteiger partial charge in [0.15, 0.2) is 5.78 Å². The molecule has 0 radical (unpaired) electrons. The Morgan fingerprint density at radius 3 is 2.53 bits per heavy atom. The van der Waals surface area contributed by atoms with Crippen molar-refractivity contribution >= 4 is 5.78 Å². The minimum atomic E-state index is -0.964. The highest BCUT2D eigenvalue weighted by Crippen LogP contribution is 2.24. The third kappa shape index (κ3) is 2.30. The van der Waals surface area contributed by atoms with Gasteiger partial charge >= 0.3 is 0 Å². The van der Waals surface area contributed by atoms with Crippen LogP contribution < -0.4 is 10.5 Å². The van der Waals surface area contributed by atoms with Gasteiger partial charge in [-0.2, -0.15) is 0 Å². The second-order valence-corrected chi connectivity index (χ2v) is 3.12. The summed E-state index contributed by atoms with van der Waals surface area (Å²) in [4.78, 5) is 11.5. The summed E-state index contributed by atoms with van der Waals surface area (Å²) in [6.45, 7) is 1.42. The molecule has 3 nitrogen and oxygen atoms in total. The van der Waals surface area contributed by atoms with Gasteiger partial charge in [-0.15, -0.1) is 0 Å². The van der Waals surface area contributed by atoms with Crippen LogP contribution >= 0.6 is 0 Å². The predicted octanol–water partition coefficient (Wildman–Crippen LogP) is 1.50. The second-order valence-electron chi connectivity index (χ2n) is 3.12. The Kier molecular flexibility index (Phi) is 3.36. The normalized spacial score (nSPS) is 12.3. The van der Waals surface area contributed by atoms with Crippen molar-refractivity contribution in [2.24, 2.45) is 5.73 Å². The average Bonchev–Trinajstić information content (AvgIpc) is 2.15. The highest BCUT2D eigenvalue weighted by atomic mass is 19.1. The Hall–Kier alpha value is -1.49. The zero-order valence-corrected chi connectivity index (χ0v) is 8.38. The first kappa shape index (κ1) is 11.6. The molecule has 1 aromatic carbocycles. The van der Waals surface area contributed by atoms with E-state index in [9.17, 15) is 13.6 Å². The van der Waals surface area contributed by atoms with Crippen molar-refractivity contribution in [2.75, 3.05) is 7.11 Å². The lowest BCUT2D eigenvalue weighted by atomic mass is 10.0. The second kappa shape index (κ2) is 4.35. The quantitative estimate of drug-likeness (QED) is 0.777. The maximum atomic E-state index is 13.3. The third-order valence-electron chi connectivity index (χ3n) is 1.90. The van der Waals surface area contributed by atoms with Crippen molar-refractivity contribution in [1.82, 2.24) is 0 Å². The van der Waals surface area contributed by atoms with Crippen LogP contribution in [-0.2, 0) is 0 Å². The number of hydrogen-bond donors (Lipinski definition) is 1. The molecule has 0 saturated carbocycles. The number of ketones is 1. The summed E-state index contributed by atoms with van der Waals surface area (Å²) in [5.41, 5.74) is 5.02. The lowest BCUT2D eigenvalue weighted by molar-refractivity contribution is 0.0960. The highest BCUT2D eigenvalue weighted by molar-refractivity contribution is 6.02. The van der Waals surface area contributed by atoms with Crippen molar-refractivity contribution in [3.8, 4) is 5.75 Å². The number of carbonyl (C=O) groups excluding carboxylic acids is 1. The van der Waals surface area contributed by atoms with E-state index in [0.29, 0.717) is 6.07 Å². The number of rotatable bonds is 3. The molecule has 15 heavy (non-hydrogen) atoms. The largest absolute Gasteiger partial charge is 0.496 e. The fourth-order valence-corrected chi connectivity index (χ4v) is 1.18. The van der Waals surface area contributed by atoms with Gasteiger partial charge in [0, 0.05) is 12.1 Å². The van der Waals surface area contributed by atoms with Crippen LogP contribution in [-0.4, -0.2) is 18.9 Å². The van der Waals surface area contributed by atoms with Crippen LogP contribution in [0.5, 0.6) is 5.75 Å². The number of hydrogen-bond acceptors (Lipinski definition) is 3. The standard InChI is InChI=1S/C10H11F2NO2/c1-5(13)10(14)9-7(12)3-6(11)4-8(9)15-2/h3-5H,13H2,1-2H3. The average molecular weight is 215 g/mol. The molecule has 0 aliphatic rings. The Morgan fingerprint density at radius 1 is 1.47 bits per heavy atom. The van der Waals surface area contributed by atoms with Crippen LogP contribution in [0.15, 0.2) is 12.1 Å². The Morgan fingerprint density at radius 2 is 2.07 bits per heavy atom. The maximum Gasteiger partial charge on any atom is 0.185 e. The topological polar surface area (TPSA) is 52.3 Å². The summed E-state index contributed by atoms with van der Waals surface area (Å²) in [6, 6.07) is 0.704. The van der Waals surface area contributed by atoms with Gasteiger partial charge in [-0.1, -0.05) is 0 Å². The molecule has 0 aliphatic carbocycles. The van der Waals surface area contributed by atoms with E-state index in [1.807, 2.05) is 0 Å². The first-order chi connectivity index (χ1) is 6.97. The first-order valence-electron chi connectivity index (χ1n) is 4.30. The molecule has 0 bridgehead atoms. The summed E-state index contributed by atoms with van der Waals surface area (Å²) in [5, 5.41) is 0. The molecule has 1 unspecified atom stereocenters. The molecular formula is C10H11F2NO2. The van der Waals surface area contributed by atoms with E-state index >= 15 is 0 Å². The molecule has 1 rings (SSSR count). The molecule has 1 atom stereocenters. The van der Waals surface area contributed by atoms with Gasteiger partial charge in [-0.25, -0.2) is 8.78 Å². The lowest BCUT2D eigenvalue weighted by Crippen LogP contribution is -2.28. The van der Waals surface area contributed by atoms with Crippen LogP contribution in [0.3, 0.4) is 0 Å². The molecule has 2 N–H and O–H groups in total. The molecule has 82 valence electrons. The van der Waals surface area contributed by atoms with E-state index in [1.54, 1.807) is 0 Å². The maximum absolute atomic E-state index is 13.3. The Bertz CT molecular complexity index is 391. The SMILES string of the molecule is COc1cc(F)cc(F)c1C(=O)C(C)N. The molecule has 1 aromatic rings. The van der Waals surface area contributed by atoms with Crippen molar-refractivity contribution in [2.45, 2.75) is 13.0 Å². The first-order valence-corrected chi connectivity index (χ1v) is 4.30. The summed E-state index contributed by atoms with van der Waals surface area (Å²) < 4.78 is 30.8. The zero-order chi connectivity index (χ0) is 11.6. The Labute approximate surface area is 85.8 Å².